The molecule has 8 heteroatoms. The van der Waals surface area contributed by atoms with Crippen molar-refractivity contribution >= 4 is 11.8 Å². The van der Waals surface area contributed by atoms with Gasteiger partial charge in [0.05, 0.1) is 24.3 Å². The monoisotopic (exact) mass is 380 g/mol. The summed E-state index contributed by atoms with van der Waals surface area (Å²) in [4.78, 5) is 24.0. The van der Waals surface area contributed by atoms with E-state index in [1.54, 1.807) is 31.2 Å². The molecule has 0 radical (unpaired) electrons. The summed E-state index contributed by atoms with van der Waals surface area (Å²) in [5.41, 5.74) is 0.0806. The zero-order valence-corrected chi connectivity index (χ0v) is 14.6. The number of hydrogen-bond donors (Lipinski definition) is 2. The van der Waals surface area contributed by atoms with Crippen LogP contribution in [0.3, 0.4) is 0 Å². The molecule has 2 rings (SSSR count). The van der Waals surface area contributed by atoms with Crippen LogP contribution in [0.5, 0.6) is 5.75 Å². The summed E-state index contributed by atoms with van der Waals surface area (Å²) in [5, 5.41) is 5.02. The van der Waals surface area contributed by atoms with Crippen LogP contribution in [0, 0.1) is 0 Å². The smallest absolute Gasteiger partial charge is 0.416 e. The Labute approximate surface area is 154 Å². The average molecular weight is 380 g/mol. The number of alkyl halides is 3. The molecule has 0 aromatic heterocycles. The SMILES string of the molecule is CCOc1ccccc1C(=O)NCC(=O)NCc1ccc(C(F)(F)F)cc1. The lowest BCUT2D eigenvalue weighted by atomic mass is 10.1. The number of para-hydroxylation sites is 1. The molecule has 2 N–H and O–H groups in total. The van der Waals surface area contributed by atoms with Crippen LogP contribution in [0.25, 0.3) is 0 Å². The molecule has 0 atom stereocenters. The molecular weight excluding hydrogens is 361 g/mol. The fourth-order valence-corrected chi connectivity index (χ4v) is 2.27. The van der Waals surface area contributed by atoms with Crippen molar-refractivity contribution in [3.63, 3.8) is 0 Å². The molecule has 0 spiro atoms. The van der Waals surface area contributed by atoms with Gasteiger partial charge in [0.1, 0.15) is 5.75 Å². The Hall–Kier alpha value is -3.03. The van der Waals surface area contributed by atoms with Gasteiger partial charge in [0.2, 0.25) is 5.91 Å². The van der Waals surface area contributed by atoms with E-state index in [4.69, 9.17) is 4.74 Å². The topological polar surface area (TPSA) is 67.4 Å². The Kier molecular flexibility index (Phi) is 6.81. The fraction of sp³-hybridized carbons (Fsp3) is 0.263. The summed E-state index contributed by atoms with van der Waals surface area (Å²) in [6.07, 6.45) is -4.40. The lowest BCUT2D eigenvalue weighted by molar-refractivity contribution is -0.137. The molecule has 5 nitrogen and oxygen atoms in total. The number of carbonyl (C=O) groups excluding carboxylic acids is 2. The largest absolute Gasteiger partial charge is 0.493 e. The first-order valence-corrected chi connectivity index (χ1v) is 8.24. The first-order valence-electron chi connectivity index (χ1n) is 8.24. The normalized spacial score (nSPS) is 11.0. The third-order valence-electron chi connectivity index (χ3n) is 3.61. The molecule has 144 valence electrons. The highest BCUT2D eigenvalue weighted by atomic mass is 19.4. The van der Waals surface area contributed by atoms with Crippen LogP contribution >= 0.6 is 0 Å². The predicted molar refractivity (Wildman–Crippen MR) is 93.2 cm³/mol. The zero-order chi connectivity index (χ0) is 19.9. The second-order valence-corrected chi connectivity index (χ2v) is 5.58. The van der Waals surface area contributed by atoms with Crippen LogP contribution in [-0.2, 0) is 17.5 Å². The van der Waals surface area contributed by atoms with E-state index >= 15 is 0 Å². The third kappa shape index (κ3) is 6.02. The van der Waals surface area contributed by atoms with Gasteiger partial charge in [-0.15, -0.1) is 0 Å². The van der Waals surface area contributed by atoms with Gasteiger partial charge in [-0.3, -0.25) is 9.59 Å². The van der Waals surface area contributed by atoms with E-state index in [1.807, 2.05) is 0 Å². The van der Waals surface area contributed by atoms with Crippen molar-refractivity contribution in [3.8, 4) is 5.75 Å². The zero-order valence-electron chi connectivity index (χ0n) is 14.6. The van der Waals surface area contributed by atoms with Gasteiger partial charge in [0.25, 0.3) is 5.91 Å². The molecule has 2 aromatic carbocycles. The minimum absolute atomic E-state index is 0.0579. The Morgan fingerprint density at radius 3 is 2.30 bits per heavy atom. The standard InChI is InChI=1S/C19H19F3N2O3/c1-2-27-16-6-4-3-5-15(16)18(26)24-12-17(25)23-11-13-7-9-14(10-8-13)19(20,21)22/h3-10H,2,11-12H2,1H3,(H,23,25)(H,24,26). The molecule has 0 fully saturated rings. The summed E-state index contributed by atoms with van der Waals surface area (Å²) in [6, 6.07) is 11.1. The van der Waals surface area contributed by atoms with E-state index in [-0.39, 0.29) is 13.1 Å². The quantitative estimate of drug-likeness (QED) is 0.776. The number of halogens is 3. The van der Waals surface area contributed by atoms with Gasteiger partial charge in [-0.05, 0) is 36.8 Å². The van der Waals surface area contributed by atoms with Crippen molar-refractivity contribution in [1.82, 2.24) is 10.6 Å². The highest BCUT2D eigenvalue weighted by Gasteiger charge is 2.29. The number of carbonyl (C=O) groups is 2. The molecule has 2 aromatic rings. The molecule has 0 aliphatic rings. The molecular formula is C19H19F3N2O3. The number of nitrogens with one attached hydrogen (secondary N) is 2. The van der Waals surface area contributed by atoms with Gasteiger partial charge in [-0.2, -0.15) is 13.2 Å². The summed E-state index contributed by atoms with van der Waals surface area (Å²) >= 11 is 0. The molecule has 2 amide bonds. The van der Waals surface area contributed by atoms with Crippen LogP contribution < -0.4 is 15.4 Å². The number of benzene rings is 2. The van der Waals surface area contributed by atoms with Crippen LogP contribution in [0.4, 0.5) is 13.2 Å². The molecule has 27 heavy (non-hydrogen) atoms. The highest BCUT2D eigenvalue weighted by Crippen LogP contribution is 2.29. The third-order valence-corrected chi connectivity index (χ3v) is 3.61. The lowest BCUT2D eigenvalue weighted by Crippen LogP contribution is -2.36. The lowest BCUT2D eigenvalue weighted by Gasteiger charge is -2.11. The van der Waals surface area contributed by atoms with Crippen LogP contribution in [0.15, 0.2) is 48.5 Å². The number of hydrogen-bond acceptors (Lipinski definition) is 3. The first-order chi connectivity index (χ1) is 12.8. The van der Waals surface area contributed by atoms with Gasteiger partial charge in [-0.1, -0.05) is 24.3 Å². The molecule has 0 aliphatic carbocycles. The van der Waals surface area contributed by atoms with Crippen LogP contribution in [0.1, 0.15) is 28.4 Å². The Bertz CT molecular complexity index is 790. The minimum atomic E-state index is -4.40. The molecule has 0 saturated carbocycles. The molecule has 0 aliphatic heterocycles. The van der Waals surface area contributed by atoms with Gasteiger partial charge < -0.3 is 15.4 Å². The summed E-state index contributed by atoms with van der Waals surface area (Å²) in [7, 11) is 0. The van der Waals surface area contributed by atoms with Crippen molar-refractivity contribution < 1.29 is 27.5 Å². The summed E-state index contributed by atoms with van der Waals surface area (Å²) in [6.45, 7) is 1.99. The average Bonchev–Trinajstić information content (AvgIpc) is 2.65. The molecule has 0 heterocycles. The Balaban J connectivity index is 1.83. The van der Waals surface area contributed by atoms with E-state index < -0.39 is 23.6 Å². The van der Waals surface area contributed by atoms with Gasteiger partial charge in [0.15, 0.2) is 0 Å². The van der Waals surface area contributed by atoms with Gasteiger partial charge in [-0.25, -0.2) is 0 Å². The second-order valence-electron chi connectivity index (χ2n) is 5.58. The Morgan fingerprint density at radius 2 is 1.67 bits per heavy atom. The molecule has 0 saturated heterocycles. The van der Waals surface area contributed by atoms with Gasteiger partial charge >= 0.3 is 6.18 Å². The highest BCUT2D eigenvalue weighted by molar-refractivity contribution is 5.98. The van der Waals surface area contributed by atoms with Crippen LogP contribution in [-0.4, -0.2) is 25.0 Å². The van der Waals surface area contributed by atoms with Crippen molar-refractivity contribution in [1.29, 1.82) is 0 Å². The van der Waals surface area contributed by atoms with E-state index in [9.17, 15) is 22.8 Å². The van der Waals surface area contributed by atoms with E-state index in [1.165, 1.54) is 12.1 Å². The van der Waals surface area contributed by atoms with E-state index in [0.717, 1.165) is 12.1 Å². The minimum Gasteiger partial charge on any atom is -0.493 e. The van der Waals surface area contributed by atoms with Gasteiger partial charge in [0, 0.05) is 6.54 Å². The fourth-order valence-electron chi connectivity index (χ4n) is 2.27. The number of ether oxygens (including phenoxy) is 1. The predicted octanol–water partition coefficient (Wildman–Crippen LogP) is 3.15. The van der Waals surface area contributed by atoms with Crippen molar-refractivity contribution in [2.75, 3.05) is 13.2 Å². The van der Waals surface area contributed by atoms with E-state index in [2.05, 4.69) is 10.6 Å². The van der Waals surface area contributed by atoms with Crippen molar-refractivity contribution in [2.45, 2.75) is 19.6 Å². The summed E-state index contributed by atoms with van der Waals surface area (Å²) < 4.78 is 42.9. The van der Waals surface area contributed by atoms with Crippen molar-refractivity contribution in [2.24, 2.45) is 0 Å². The maximum absolute atomic E-state index is 12.5. The van der Waals surface area contributed by atoms with E-state index in [0.29, 0.717) is 23.5 Å². The first kappa shape index (κ1) is 20.3. The molecule has 0 bridgehead atoms. The van der Waals surface area contributed by atoms with Crippen molar-refractivity contribution in [3.05, 3.63) is 65.2 Å². The number of rotatable bonds is 7. The maximum atomic E-state index is 12.5. The maximum Gasteiger partial charge on any atom is 0.416 e. The van der Waals surface area contributed by atoms with Crippen LogP contribution in [0.2, 0.25) is 0 Å². The number of amides is 2. The second kappa shape index (κ2) is 9.07. The summed E-state index contributed by atoms with van der Waals surface area (Å²) in [5.74, 6) is -0.497. The molecule has 0 unspecified atom stereocenters. The Morgan fingerprint density at radius 1 is 1.00 bits per heavy atom.